The molecule has 2 nitrogen and oxygen atoms in total. The number of hydrogen-bond donors (Lipinski definition) is 0. The van der Waals surface area contributed by atoms with Crippen LogP contribution in [-0.4, -0.2) is 30.2 Å². The Balaban J connectivity index is 1.52. The summed E-state index contributed by atoms with van der Waals surface area (Å²) >= 11 is 12.9. The van der Waals surface area contributed by atoms with Gasteiger partial charge in [0.25, 0.3) is 0 Å². The zero-order valence-corrected chi connectivity index (χ0v) is 17.7. The van der Waals surface area contributed by atoms with E-state index in [-0.39, 0.29) is 6.04 Å². The number of nitrogens with zero attached hydrogens (tertiary/aromatic N) is 2. The third kappa shape index (κ3) is 5.08. The van der Waals surface area contributed by atoms with E-state index < -0.39 is 0 Å². The predicted molar refractivity (Wildman–Crippen MR) is 123 cm³/mol. The van der Waals surface area contributed by atoms with Crippen molar-refractivity contribution in [3.63, 3.8) is 0 Å². The van der Waals surface area contributed by atoms with E-state index in [1.807, 2.05) is 48.7 Å². The minimum Gasteiger partial charge on any atom is -0.292 e. The molecule has 4 heteroatoms. The van der Waals surface area contributed by atoms with E-state index in [1.54, 1.807) is 0 Å². The summed E-state index contributed by atoms with van der Waals surface area (Å²) in [6, 6.07) is 27.0. The van der Waals surface area contributed by atoms with Gasteiger partial charge in [-0.15, -0.1) is 0 Å². The molecule has 1 aliphatic heterocycles. The number of piperidine rings is 1. The molecule has 4 rings (SSSR count). The van der Waals surface area contributed by atoms with Crippen LogP contribution in [-0.2, 0) is 0 Å². The summed E-state index contributed by atoms with van der Waals surface area (Å²) in [5.41, 5.74) is 3.46. The van der Waals surface area contributed by atoms with Crippen LogP contribution in [0.25, 0.3) is 0 Å². The standard InChI is InChI=1S/C25H24Cl2N2/c26-21-10-6-9-20(17-21)25(23-11-4-5-12-24(23)27)29-15-13-22(14-16-29)28-18-19-7-2-1-3-8-19/h1-12,17-18,22,25H,13-16H2/b28-18+. The summed E-state index contributed by atoms with van der Waals surface area (Å²) in [5, 5.41) is 1.54. The van der Waals surface area contributed by atoms with Crippen molar-refractivity contribution in [2.24, 2.45) is 4.99 Å². The highest BCUT2D eigenvalue weighted by atomic mass is 35.5. The van der Waals surface area contributed by atoms with Gasteiger partial charge >= 0.3 is 0 Å². The lowest BCUT2D eigenvalue weighted by atomic mass is 9.94. The number of benzene rings is 3. The highest BCUT2D eigenvalue weighted by molar-refractivity contribution is 6.31. The summed E-state index contributed by atoms with van der Waals surface area (Å²) in [4.78, 5) is 7.33. The van der Waals surface area contributed by atoms with Crippen LogP contribution < -0.4 is 0 Å². The summed E-state index contributed by atoms with van der Waals surface area (Å²) in [6.45, 7) is 1.94. The zero-order chi connectivity index (χ0) is 20.1. The maximum absolute atomic E-state index is 6.59. The molecule has 0 amide bonds. The van der Waals surface area contributed by atoms with E-state index in [0.717, 1.165) is 47.1 Å². The van der Waals surface area contributed by atoms with Gasteiger partial charge in [-0.05, 0) is 47.7 Å². The Hall–Kier alpha value is -2.13. The minimum absolute atomic E-state index is 0.0986. The van der Waals surface area contributed by atoms with Crippen molar-refractivity contribution in [3.05, 3.63) is 106 Å². The Kier molecular flexibility index (Phi) is 6.66. The van der Waals surface area contributed by atoms with E-state index in [0.29, 0.717) is 6.04 Å². The fraction of sp³-hybridized carbons (Fsp3) is 0.240. The normalized spacial score (nSPS) is 16.9. The average Bonchev–Trinajstić information content (AvgIpc) is 2.76. The first-order valence-electron chi connectivity index (χ1n) is 10.0. The van der Waals surface area contributed by atoms with Gasteiger partial charge in [0, 0.05) is 29.3 Å². The van der Waals surface area contributed by atoms with Crippen molar-refractivity contribution < 1.29 is 0 Å². The molecule has 1 atom stereocenters. The molecule has 1 unspecified atom stereocenters. The number of rotatable bonds is 5. The van der Waals surface area contributed by atoms with Gasteiger partial charge in [-0.25, -0.2) is 0 Å². The molecule has 29 heavy (non-hydrogen) atoms. The molecule has 1 fully saturated rings. The fourth-order valence-corrected chi connectivity index (χ4v) is 4.42. The molecule has 0 spiro atoms. The highest BCUT2D eigenvalue weighted by Crippen LogP contribution is 2.36. The monoisotopic (exact) mass is 422 g/mol. The van der Waals surface area contributed by atoms with Crippen molar-refractivity contribution in [1.82, 2.24) is 4.90 Å². The maximum atomic E-state index is 6.59. The molecule has 0 bridgehead atoms. The lowest BCUT2D eigenvalue weighted by Gasteiger charge is -2.37. The summed E-state index contributed by atoms with van der Waals surface area (Å²) < 4.78 is 0. The van der Waals surface area contributed by atoms with Gasteiger partial charge < -0.3 is 0 Å². The topological polar surface area (TPSA) is 15.6 Å². The maximum Gasteiger partial charge on any atom is 0.0617 e. The van der Waals surface area contributed by atoms with Gasteiger partial charge in [-0.3, -0.25) is 9.89 Å². The van der Waals surface area contributed by atoms with Crippen LogP contribution in [0.15, 0.2) is 83.9 Å². The molecule has 1 saturated heterocycles. The largest absolute Gasteiger partial charge is 0.292 e. The van der Waals surface area contributed by atoms with Crippen molar-refractivity contribution in [2.45, 2.75) is 24.9 Å². The third-order valence-corrected chi connectivity index (χ3v) is 6.04. The first-order chi connectivity index (χ1) is 14.2. The lowest BCUT2D eigenvalue weighted by Crippen LogP contribution is -2.38. The highest BCUT2D eigenvalue weighted by Gasteiger charge is 2.28. The lowest BCUT2D eigenvalue weighted by molar-refractivity contribution is 0.175. The van der Waals surface area contributed by atoms with Crippen LogP contribution in [0.4, 0.5) is 0 Å². The van der Waals surface area contributed by atoms with Crippen LogP contribution in [0.3, 0.4) is 0 Å². The minimum atomic E-state index is 0.0986. The van der Waals surface area contributed by atoms with E-state index in [2.05, 4.69) is 41.3 Å². The summed E-state index contributed by atoms with van der Waals surface area (Å²) in [5.74, 6) is 0. The van der Waals surface area contributed by atoms with E-state index in [1.165, 1.54) is 5.56 Å². The molecular weight excluding hydrogens is 399 g/mol. The number of likely N-dealkylation sites (tertiary alicyclic amines) is 1. The Morgan fingerprint density at radius 3 is 2.31 bits per heavy atom. The Bertz CT molecular complexity index is 963. The molecule has 0 radical (unpaired) electrons. The van der Waals surface area contributed by atoms with Gasteiger partial charge in [0.2, 0.25) is 0 Å². The SMILES string of the molecule is Clc1cccc(C(c2ccccc2Cl)N2CCC(/N=C/c3ccccc3)CC2)c1. The van der Waals surface area contributed by atoms with Gasteiger partial charge in [0.15, 0.2) is 0 Å². The molecule has 3 aromatic rings. The quantitative estimate of drug-likeness (QED) is 0.419. The molecule has 3 aromatic carbocycles. The molecule has 0 aliphatic carbocycles. The molecule has 0 N–H and O–H groups in total. The van der Waals surface area contributed by atoms with Crippen LogP contribution >= 0.6 is 23.2 Å². The number of halogens is 2. The van der Waals surface area contributed by atoms with Crippen LogP contribution in [0, 0.1) is 0 Å². The fourth-order valence-electron chi connectivity index (χ4n) is 3.98. The molecule has 148 valence electrons. The van der Waals surface area contributed by atoms with Gasteiger partial charge in [-0.2, -0.15) is 0 Å². The Morgan fingerprint density at radius 1 is 0.862 bits per heavy atom. The summed E-state index contributed by atoms with van der Waals surface area (Å²) in [7, 11) is 0. The Labute approximate surface area is 182 Å². The van der Waals surface area contributed by atoms with Gasteiger partial charge in [0.05, 0.1) is 12.1 Å². The smallest absolute Gasteiger partial charge is 0.0617 e. The van der Waals surface area contributed by atoms with E-state index in [4.69, 9.17) is 28.2 Å². The first-order valence-corrected chi connectivity index (χ1v) is 10.8. The Morgan fingerprint density at radius 2 is 1.59 bits per heavy atom. The molecule has 1 heterocycles. The number of aliphatic imine (C=N–C) groups is 1. The van der Waals surface area contributed by atoms with Crippen LogP contribution in [0.2, 0.25) is 10.0 Å². The molecule has 1 aliphatic rings. The van der Waals surface area contributed by atoms with Crippen molar-refractivity contribution in [2.75, 3.05) is 13.1 Å². The second-order valence-electron chi connectivity index (χ2n) is 7.44. The molecule has 0 aromatic heterocycles. The zero-order valence-electron chi connectivity index (χ0n) is 16.2. The second-order valence-corrected chi connectivity index (χ2v) is 8.28. The van der Waals surface area contributed by atoms with Crippen molar-refractivity contribution in [1.29, 1.82) is 0 Å². The molecular formula is C25H24Cl2N2. The molecule has 0 saturated carbocycles. The van der Waals surface area contributed by atoms with Crippen LogP contribution in [0.5, 0.6) is 0 Å². The first kappa shape index (κ1) is 20.2. The van der Waals surface area contributed by atoms with Gasteiger partial charge in [-0.1, -0.05) is 83.9 Å². The van der Waals surface area contributed by atoms with E-state index >= 15 is 0 Å². The summed E-state index contributed by atoms with van der Waals surface area (Å²) in [6.07, 6.45) is 4.07. The third-order valence-electron chi connectivity index (χ3n) is 5.46. The number of hydrogen-bond acceptors (Lipinski definition) is 2. The predicted octanol–water partition coefficient (Wildman–Crippen LogP) is 6.67. The van der Waals surface area contributed by atoms with Crippen molar-refractivity contribution in [3.8, 4) is 0 Å². The average molecular weight is 423 g/mol. The second kappa shape index (κ2) is 9.58. The van der Waals surface area contributed by atoms with Crippen molar-refractivity contribution >= 4 is 29.4 Å². The van der Waals surface area contributed by atoms with Crippen LogP contribution in [0.1, 0.15) is 35.6 Å². The van der Waals surface area contributed by atoms with E-state index in [9.17, 15) is 0 Å². The van der Waals surface area contributed by atoms with Gasteiger partial charge in [0.1, 0.15) is 0 Å².